The molecule has 0 aromatic rings. The van der Waals surface area contributed by atoms with Crippen molar-refractivity contribution in [1.29, 1.82) is 0 Å². The Labute approximate surface area is 79.5 Å². The van der Waals surface area contributed by atoms with Crippen molar-refractivity contribution in [1.82, 2.24) is 5.32 Å². The van der Waals surface area contributed by atoms with Gasteiger partial charge < -0.3 is 5.32 Å². The maximum Gasteiger partial charge on any atom is 0.229 e. The molecule has 1 N–H and O–H groups in total. The van der Waals surface area contributed by atoms with Gasteiger partial charge in [0.1, 0.15) is 0 Å². The zero-order valence-electron chi connectivity index (χ0n) is 7.38. The van der Waals surface area contributed by atoms with E-state index in [0.29, 0.717) is 5.75 Å². The van der Waals surface area contributed by atoms with Gasteiger partial charge in [0.15, 0.2) is 0 Å². The van der Waals surface area contributed by atoms with E-state index in [2.05, 4.69) is 17.9 Å². The van der Waals surface area contributed by atoms with Crippen molar-refractivity contribution >= 4 is 18.5 Å². The third-order valence-electron chi connectivity index (χ3n) is 2.46. The molecule has 70 valence electrons. The van der Waals surface area contributed by atoms with Crippen LogP contribution in [0.5, 0.6) is 0 Å². The molecule has 2 nitrogen and oxygen atoms in total. The topological polar surface area (TPSA) is 29.1 Å². The quantitative estimate of drug-likeness (QED) is 0.646. The summed E-state index contributed by atoms with van der Waals surface area (Å²) in [5, 5.41) is 2.89. The molecule has 0 aromatic heterocycles. The Kier molecular flexibility index (Phi) is 4.51. The molecule has 1 saturated carbocycles. The molecule has 1 rings (SSSR count). The van der Waals surface area contributed by atoms with Crippen molar-refractivity contribution < 1.29 is 4.79 Å². The van der Waals surface area contributed by atoms with Crippen molar-refractivity contribution in [2.45, 2.75) is 32.1 Å². The normalized spacial score (nSPS) is 19.1. The fraction of sp³-hybridized carbons (Fsp3) is 0.889. The summed E-state index contributed by atoms with van der Waals surface area (Å²) in [5.41, 5.74) is 0. The molecule has 0 radical (unpaired) electrons. The smallest absolute Gasteiger partial charge is 0.229 e. The molecule has 1 amide bonds. The summed E-state index contributed by atoms with van der Waals surface area (Å²) in [6.45, 7) is 0.861. The van der Waals surface area contributed by atoms with Gasteiger partial charge in [-0.3, -0.25) is 4.79 Å². The number of nitrogens with one attached hydrogen (secondary N) is 1. The van der Waals surface area contributed by atoms with Gasteiger partial charge in [-0.15, -0.1) is 0 Å². The number of carbonyl (C=O) groups excluding carboxylic acids is 1. The van der Waals surface area contributed by atoms with Crippen LogP contribution >= 0.6 is 12.6 Å². The average molecular weight is 187 g/mol. The Morgan fingerprint density at radius 3 is 2.58 bits per heavy atom. The minimum Gasteiger partial charge on any atom is -0.355 e. The first-order valence-corrected chi connectivity index (χ1v) is 5.33. The largest absolute Gasteiger partial charge is 0.355 e. The van der Waals surface area contributed by atoms with Crippen molar-refractivity contribution in [3.63, 3.8) is 0 Å². The lowest BCUT2D eigenvalue weighted by atomic mass is 9.89. The van der Waals surface area contributed by atoms with Crippen LogP contribution in [0.15, 0.2) is 0 Å². The third kappa shape index (κ3) is 3.48. The molecule has 0 aromatic carbocycles. The van der Waals surface area contributed by atoms with Gasteiger partial charge in [0.05, 0.1) is 5.75 Å². The number of amides is 1. The van der Waals surface area contributed by atoms with E-state index in [1.807, 2.05) is 0 Å². The van der Waals surface area contributed by atoms with E-state index in [-0.39, 0.29) is 5.91 Å². The number of hydrogen-bond donors (Lipinski definition) is 2. The molecular weight excluding hydrogens is 170 g/mol. The molecule has 12 heavy (non-hydrogen) atoms. The van der Waals surface area contributed by atoms with Crippen molar-refractivity contribution in [2.75, 3.05) is 12.3 Å². The summed E-state index contributed by atoms with van der Waals surface area (Å²) in [4.78, 5) is 10.9. The van der Waals surface area contributed by atoms with Gasteiger partial charge in [0.25, 0.3) is 0 Å². The SMILES string of the molecule is O=C(CS)NCC1CCCCC1. The van der Waals surface area contributed by atoms with Crippen LogP contribution in [0.3, 0.4) is 0 Å². The molecule has 1 aliphatic carbocycles. The van der Waals surface area contributed by atoms with E-state index >= 15 is 0 Å². The molecule has 1 fully saturated rings. The predicted octanol–water partition coefficient (Wildman–Crippen LogP) is 1.61. The second kappa shape index (κ2) is 5.46. The van der Waals surface area contributed by atoms with Crippen molar-refractivity contribution in [2.24, 2.45) is 5.92 Å². The van der Waals surface area contributed by atoms with Gasteiger partial charge in [0.2, 0.25) is 5.91 Å². The van der Waals surface area contributed by atoms with E-state index in [9.17, 15) is 4.79 Å². The Balaban J connectivity index is 2.09. The second-order valence-electron chi connectivity index (χ2n) is 3.47. The fourth-order valence-corrected chi connectivity index (χ4v) is 1.82. The van der Waals surface area contributed by atoms with Crippen LogP contribution in [0, 0.1) is 5.92 Å². The van der Waals surface area contributed by atoms with E-state index in [0.717, 1.165) is 12.5 Å². The Hall–Kier alpha value is -0.180. The Morgan fingerprint density at radius 1 is 1.33 bits per heavy atom. The maximum absolute atomic E-state index is 10.9. The van der Waals surface area contributed by atoms with Crippen LogP contribution < -0.4 is 5.32 Å². The zero-order chi connectivity index (χ0) is 8.81. The zero-order valence-corrected chi connectivity index (χ0v) is 8.28. The molecule has 0 heterocycles. The summed E-state index contributed by atoms with van der Waals surface area (Å²) >= 11 is 3.90. The molecule has 3 heteroatoms. The third-order valence-corrected chi connectivity index (χ3v) is 2.74. The summed E-state index contributed by atoms with van der Waals surface area (Å²) in [6.07, 6.45) is 6.61. The van der Waals surface area contributed by atoms with Crippen LogP contribution in [0.25, 0.3) is 0 Å². The first-order valence-electron chi connectivity index (χ1n) is 4.70. The lowest BCUT2D eigenvalue weighted by Crippen LogP contribution is -2.30. The van der Waals surface area contributed by atoms with E-state index in [1.54, 1.807) is 0 Å². The van der Waals surface area contributed by atoms with Gasteiger partial charge in [-0.1, -0.05) is 19.3 Å². The first kappa shape index (κ1) is 9.90. The van der Waals surface area contributed by atoms with Crippen molar-refractivity contribution in [3.05, 3.63) is 0 Å². The summed E-state index contributed by atoms with van der Waals surface area (Å²) in [6, 6.07) is 0. The van der Waals surface area contributed by atoms with Gasteiger partial charge in [-0.25, -0.2) is 0 Å². The Morgan fingerprint density at radius 2 is 2.00 bits per heavy atom. The van der Waals surface area contributed by atoms with Gasteiger partial charge in [0, 0.05) is 6.54 Å². The van der Waals surface area contributed by atoms with Crippen LogP contribution in [0.4, 0.5) is 0 Å². The molecule has 0 atom stereocenters. The average Bonchev–Trinajstić information content (AvgIpc) is 2.16. The Bertz CT molecular complexity index is 143. The second-order valence-corrected chi connectivity index (χ2v) is 3.78. The molecule has 0 aliphatic heterocycles. The molecule has 0 saturated heterocycles. The standard InChI is InChI=1S/C9H17NOS/c11-9(7-12)10-6-8-4-2-1-3-5-8/h8,12H,1-7H2,(H,10,11). The number of hydrogen-bond acceptors (Lipinski definition) is 2. The summed E-state index contributed by atoms with van der Waals surface area (Å²) in [7, 11) is 0. The van der Waals surface area contributed by atoms with E-state index in [4.69, 9.17) is 0 Å². The van der Waals surface area contributed by atoms with Crippen LogP contribution in [0.2, 0.25) is 0 Å². The van der Waals surface area contributed by atoms with Crippen LogP contribution in [-0.2, 0) is 4.79 Å². The monoisotopic (exact) mass is 187 g/mol. The highest BCUT2D eigenvalue weighted by Crippen LogP contribution is 2.22. The van der Waals surface area contributed by atoms with Crippen LogP contribution in [-0.4, -0.2) is 18.2 Å². The van der Waals surface area contributed by atoms with E-state index in [1.165, 1.54) is 32.1 Å². The predicted molar refractivity (Wildman–Crippen MR) is 53.4 cm³/mol. The minimum atomic E-state index is 0.0592. The highest BCUT2D eigenvalue weighted by Gasteiger charge is 2.13. The van der Waals surface area contributed by atoms with Gasteiger partial charge in [-0.2, -0.15) is 12.6 Å². The molecular formula is C9H17NOS. The number of thiol groups is 1. The summed E-state index contributed by atoms with van der Waals surface area (Å²) < 4.78 is 0. The highest BCUT2D eigenvalue weighted by molar-refractivity contribution is 7.81. The number of rotatable bonds is 3. The van der Waals surface area contributed by atoms with Gasteiger partial charge >= 0.3 is 0 Å². The molecule has 1 aliphatic rings. The summed E-state index contributed by atoms with van der Waals surface area (Å²) in [5.74, 6) is 1.10. The highest BCUT2D eigenvalue weighted by atomic mass is 32.1. The molecule has 0 unspecified atom stereocenters. The molecule has 0 bridgehead atoms. The van der Waals surface area contributed by atoms with Crippen molar-refractivity contribution in [3.8, 4) is 0 Å². The lowest BCUT2D eigenvalue weighted by molar-refractivity contribution is -0.118. The minimum absolute atomic E-state index is 0.0592. The van der Waals surface area contributed by atoms with E-state index < -0.39 is 0 Å². The van der Waals surface area contributed by atoms with Crippen LogP contribution in [0.1, 0.15) is 32.1 Å². The lowest BCUT2D eigenvalue weighted by Gasteiger charge is -2.21. The van der Waals surface area contributed by atoms with Gasteiger partial charge in [-0.05, 0) is 18.8 Å². The first-order chi connectivity index (χ1) is 5.83. The fourth-order valence-electron chi connectivity index (χ4n) is 1.71. The molecule has 0 spiro atoms. The maximum atomic E-state index is 10.9. The number of carbonyl (C=O) groups is 1.